The molecule has 0 radical (unpaired) electrons. The van der Waals surface area contributed by atoms with Crippen molar-refractivity contribution >= 4 is 12.0 Å². The Morgan fingerprint density at radius 3 is 2.90 bits per heavy atom. The van der Waals surface area contributed by atoms with Crippen LogP contribution in [0.1, 0.15) is 5.82 Å². The topological polar surface area (TPSA) is 151 Å². The molecule has 0 atom stereocenters. The molecule has 0 fully saturated rings. The number of fused-ring (bicyclic) bond motifs is 1. The lowest BCUT2D eigenvalue weighted by Gasteiger charge is -2.18. The van der Waals surface area contributed by atoms with E-state index in [4.69, 9.17) is 15.9 Å². The predicted octanol–water partition coefficient (Wildman–Crippen LogP) is 0.103. The van der Waals surface area contributed by atoms with Gasteiger partial charge in [0.2, 0.25) is 5.82 Å². The number of nitrogens with zero attached hydrogens (tertiary/aromatic N) is 4. The molecule has 10 nitrogen and oxygen atoms in total. The van der Waals surface area contributed by atoms with Gasteiger partial charge in [-0.2, -0.15) is 0 Å². The van der Waals surface area contributed by atoms with Crippen molar-refractivity contribution in [1.82, 2.24) is 14.9 Å². The zero-order chi connectivity index (χ0) is 14.3. The number of hydrogen-bond acceptors (Lipinski definition) is 8. The van der Waals surface area contributed by atoms with Gasteiger partial charge in [-0.1, -0.05) is 0 Å². The van der Waals surface area contributed by atoms with Crippen LogP contribution in [0.2, 0.25) is 0 Å². The van der Waals surface area contributed by atoms with Crippen LogP contribution < -0.4 is 16.9 Å². The highest BCUT2D eigenvalue weighted by atomic mass is 16.6. The molecule has 0 saturated heterocycles. The number of aromatic nitrogens is 3. The van der Waals surface area contributed by atoms with E-state index >= 15 is 0 Å². The number of nitrogens with two attached hydrogens (primary N) is 2. The Morgan fingerprint density at radius 1 is 1.45 bits per heavy atom. The van der Waals surface area contributed by atoms with Crippen LogP contribution in [-0.4, -0.2) is 19.8 Å². The molecule has 0 amide bonds. The second-order valence-electron chi connectivity index (χ2n) is 3.90. The minimum Gasteiger partial charge on any atom is -0.403 e. The maximum Gasteiger partial charge on any atom is 0.433 e. The smallest absolute Gasteiger partial charge is 0.403 e. The van der Waals surface area contributed by atoms with E-state index in [1.54, 1.807) is 6.08 Å². The fourth-order valence-corrected chi connectivity index (χ4v) is 1.74. The number of nitro groups is 1. The van der Waals surface area contributed by atoms with Gasteiger partial charge in [-0.15, -0.1) is 10.2 Å². The lowest BCUT2D eigenvalue weighted by molar-refractivity contribution is -0.401. The van der Waals surface area contributed by atoms with Gasteiger partial charge in [-0.05, 0) is 6.07 Å². The van der Waals surface area contributed by atoms with Gasteiger partial charge in [-0.3, -0.25) is 15.5 Å². The van der Waals surface area contributed by atoms with Gasteiger partial charge in [-0.25, -0.2) is 4.68 Å². The van der Waals surface area contributed by atoms with Crippen molar-refractivity contribution in [2.24, 2.45) is 11.5 Å². The van der Waals surface area contributed by atoms with Crippen LogP contribution >= 0.6 is 0 Å². The highest BCUT2D eigenvalue weighted by Crippen LogP contribution is 2.26. The van der Waals surface area contributed by atoms with Crippen LogP contribution in [-0.2, 0) is 0 Å². The third kappa shape index (κ3) is 1.67. The summed E-state index contributed by atoms with van der Waals surface area (Å²) in [4.78, 5) is 9.98. The quantitative estimate of drug-likeness (QED) is 0.515. The third-order valence-corrected chi connectivity index (χ3v) is 2.67. The van der Waals surface area contributed by atoms with Gasteiger partial charge < -0.3 is 15.9 Å². The molecule has 0 aliphatic carbocycles. The van der Waals surface area contributed by atoms with Crippen LogP contribution in [0.15, 0.2) is 34.1 Å². The van der Waals surface area contributed by atoms with Gasteiger partial charge in [0.1, 0.15) is 4.92 Å². The molecular weight excluding hydrogens is 266 g/mol. The number of hydrogen-bond donors (Lipinski definition) is 3. The molecule has 2 aromatic rings. The maximum atomic E-state index is 10.6. The van der Waals surface area contributed by atoms with Gasteiger partial charge >= 0.3 is 5.88 Å². The predicted molar refractivity (Wildman–Crippen MR) is 68.2 cm³/mol. The minimum atomic E-state index is -0.631. The highest BCUT2D eigenvalue weighted by molar-refractivity contribution is 5.61. The average molecular weight is 275 g/mol. The first-order chi connectivity index (χ1) is 9.60. The fraction of sp³-hybridized carbons (Fsp3) is 0. The van der Waals surface area contributed by atoms with E-state index in [0.29, 0.717) is 17.2 Å². The van der Waals surface area contributed by atoms with E-state index in [9.17, 15) is 10.1 Å². The first kappa shape index (κ1) is 11.8. The Bertz CT molecular complexity index is 755. The largest absolute Gasteiger partial charge is 0.433 e. The van der Waals surface area contributed by atoms with E-state index in [0.717, 1.165) is 0 Å². The maximum absolute atomic E-state index is 10.6. The van der Waals surface area contributed by atoms with Crippen molar-refractivity contribution in [3.63, 3.8) is 0 Å². The van der Waals surface area contributed by atoms with Crippen LogP contribution in [0.25, 0.3) is 17.7 Å². The lowest BCUT2D eigenvalue weighted by atomic mass is 10.3. The van der Waals surface area contributed by atoms with Crippen molar-refractivity contribution in [2.75, 3.05) is 5.43 Å². The summed E-state index contributed by atoms with van der Waals surface area (Å²) in [5.74, 6) is 0.532. The van der Waals surface area contributed by atoms with E-state index < -0.39 is 4.92 Å². The van der Waals surface area contributed by atoms with E-state index in [-0.39, 0.29) is 17.5 Å². The Morgan fingerprint density at radius 2 is 2.25 bits per heavy atom. The molecule has 3 rings (SSSR count). The molecule has 1 aliphatic heterocycles. The molecule has 1 aliphatic rings. The molecule has 0 unspecified atom stereocenters. The van der Waals surface area contributed by atoms with Crippen molar-refractivity contribution in [3.8, 4) is 11.6 Å². The fourth-order valence-electron chi connectivity index (χ4n) is 1.74. The summed E-state index contributed by atoms with van der Waals surface area (Å²) in [5.41, 5.74) is 15.0. The normalized spacial score (nSPS) is 15.6. The summed E-state index contributed by atoms with van der Waals surface area (Å²) in [6.45, 7) is 0. The summed E-state index contributed by atoms with van der Waals surface area (Å²) in [6.07, 6.45) is 2.87. The Balaban J connectivity index is 2.07. The highest BCUT2D eigenvalue weighted by Gasteiger charge is 2.23. The molecule has 2 aromatic heterocycles. The van der Waals surface area contributed by atoms with E-state index in [1.165, 1.54) is 23.0 Å². The Labute approximate surface area is 111 Å². The third-order valence-electron chi connectivity index (χ3n) is 2.67. The molecule has 10 heteroatoms. The summed E-state index contributed by atoms with van der Waals surface area (Å²) >= 11 is 0. The first-order valence-electron chi connectivity index (χ1n) is 5.46. The molecule has 5 N–H and O–H groups in total. The molecule has 0 spiro atoms. The molecular formula is C10H9N7O3. The van der Waals surface area contributed by atoms with E-state index in [1.807, 2.05) is 0 Å². The standard InChI is InChI=1S/C10H9N7O3/c11-4-6-5(12)3-8-13-14-10(16(8)15-6)7-1-2-9(20-7)17(18)19/h1-4,15H,11-12H2. The summed E-state index contributed by atoms with van der Waals surface area (Å²) in [5, 5.41) is 18.4. The Hall–Kier alpha value is -3.30. The van der Waals surface area contributed by atoms with Crippen LogP contribution in [0.3, 0.4) is 0 Å². The number of rotatable bonds is 2. The number of nitrogens with one attached hydrogen (secondary N) is 1. The van der Waals surface area contributed by atoms with Gasteiger partial charge in [0.15, 0.2) is 11.6 Å². The zero-order valence-corrected chi connectivity index (χ0v) is 9.98. The first-order valence-corrected chi connectivity index (χ1v) is 5.46. The molecule has 0 aromatic carbocycles. The Kier molecular flexibility index (Phi) is 2.42. The van der Waals surface area contributed by atoms with Gasteiger partial charge in [0, 0.05) is 12.3 Å². The second kappa shape index (κ2) is 4.12. The van der Waals surface area contributed by atoms with E-state index in [2.05, 4.69) is 15.6 Å². The van der Waals surface area contributed by atoms with Crippen LogP contribution in [0.4, 0.5) is 5.88 Å². The molecule has 102 valence electrons. The zero-order valence-electron chi connectivity index (χ0n) is 9.98. The van der Waals surface area contributed by atoms with Crippen molar-refractivity contribution in [3.05, 3.63) is 45.7 Å². The van der Waals surface area contributed by atoms with Crippen molar-refractivity contribution in [2.45, 2.75) is 0 Å². The molecule has 0 bridgehead atoms. The average Bonchev–Trinajstić information content (AvgIpc) is 3.03. The van der Waals surface area contributed by atoms with Crippen molar-refractivity contribution < 1.29 is 9.34 Å². The minimum absolute atomic E-state index is 0.202. The SMILES string of the molecule is NC=C1Nn2c(nnc2-c2ccc([N+](=O)[O-])o2)C=C1N. The second-order valence-corrected chi connectivity index (χ2v) is 3.90. The summed E-state index contributed by atoms with van der Waals surface area (Å²) in [7, 11) is 0. The summed E-state index contributed by atoms with van der Waals surface area (Å²) < 4.78 is 6.56. The van der Waals surface area contributed by atoms with Crippen molar-refractivity contribution in [1.29, 1.82) is 0 Å². The lowest BCUT2D eigenvalue weighted by Crippen LogP contribution is -2.25. The molecule has 0 saturated carbocycles. The molecule has 20 heavy (non-hydrogen) atoms. The van der Waals surface area contributed by atoms with Gasteiger partial charge in [0.25, 0.3) is 0 Å². The van der Waals surface area contributed by atoms with Crippen LogP contribution in [0, 0.1) is 10.1 Å². The van der Waals surface area contributed by atoms with Crippen LogP contribution in [0.5, 0.6) is 0 Å². The monoisotopic (exact) mass is 275 g/mol. The number of furan rings is 1. The summed E-state index contributed by atoms with van der Waals surface area (Å²) in [6, 6.07) is 2.67. The van der Waals surface area contributed by atoms with Gasteiger partial charge in [0.05, 0.1) is 17.5 Å². The molecule has 3 heterocycles.